The van der Waals surface area contributed by atoms with E-state index in [0.717, 1.165) is 6.54 Å². The molecule has 0 radical (unpaired) electrons. The Labute approximate surface area is 76.9 Å². The molecule has 0 amide bonds. The molecule has 4 heteroatoms. The van der Waals surface area contributed by atoms with E-state index in [-0.39, 0.29) is 5.97 Å². The van der Waals surface area contributed by atoms with E-state index in [9.17, 15) is 4.79 Å². The molecule has 13 heavy (non-hydrogen) atoms. The second-order valence-electron chi connectivity index (χ2n) is 2.45. The minimum absolute atomic E-state index is 0.346. The van der Waals surface area contributed by atoms with Crippen LogP contribution in [0.3, 0.4) is 0 Å². The van der Waals surface area contributed by atoms with Gasteiger partial charge in [-0.25, -0.2) is 9.78 Å². The Morgan fingerprint density at radius 2 is 2.46 bits per heavy atom. The van der Waals surface area contributed by atoms with Crippen LogP contribution in [0, 0.1) is 0 Å². The van der Waals surface area contributed by atoms with Crippen molar-refractivity contribution in [1.82, 2.24) is 4.98 Å². The van der Waals surface area contributed by atoms with Gasteiger partial charge in [0.25, 0.3) is 0 Å². The summed E-state index contributed by atoms with van der Waals surface area (Å²) in [6, 6.07) is 3.28. The molecule has 1 aromatic rings. The van der Waals surface area contributed by atoms with Crippen LogP contribution in [0.15, 0.2) is 18.3 Å². The van der Waals surface area contributed by atoms with Gasteiger partial charge in [0.05, 0.1) is 12.7 Å². The van der Waals surface area contributed by atoms with E-state index < -0.39 is 0 Å². The molecule has 0 aromatic carbocycles. The normalized spacial score (nSPS) is 9.38. The fraction of sp³-hybridized carbons (Fsp3) is 0.333. The topological polar surface area (TPSA) is 51.2 Å². The van der Waals surface area contributed by atoms with Gasteiger partial charge in [-0.2, -0.15) is 0 Å². The van der Waals surface area contributed by atoms with E-state index in [1.165, 1.54) is 7.11 Å². The number of carbonyl (C=O) groups excluding carboxylic acids is 1. The lowest BCUT2D eigenvalue weighted by atomic mass is 10.2. The summed E-state index contributed by atoms with van der Waals surface area (Å²) in [5, 5.41) is 3.01. The third kappa shape index (κ3) is 2.43. The molecule has 70 valence electrons. The van der Waals surface area contributed by atoms with Crippen LogP contribution in [0.25, 0.3) is 0 Å². The zero-order chi connectivity index (χ0) is 9.68. The molecule has 4 nitrogen and oxygen atoms in total. The number of ether oxygens (including phenoxy) is 1. The van der Waals surface area contributed by atoms with Gasteiger partial charge in [0, 0.05) is 12.7 Å². The van der Waals surface area contributed by atoms with Gasteiger partial charge >= 0.3 is 5.97 Å². The van der Waals surface area contributed by atoms with Gasteiger partial charge in [0.2, 0.25) is 0 Å². The molecule has 0 bridgehead atoms. The van der Waals surface area contributed by atoms with Gasteiger partial charge in [-0.3, -0.25) is 0 Å². The van der Waals surface area contributed by atoms with Crippen molar-refractivity contribution in [2.45, 2.75) is 6.92 Å². The Morgan fingerprint density at radius 3 is 3.08 bits per heavy atom. The Hall–Kier alpha value is -1.58. The fourth-order valence-electron chi connectivity index (χ4n) is 0.953. The second-order valence-corrected chi connectivity index (χ2v) is 2.45. The first kappa shape index (κ1) is 9.51. The molecule has 1 aromatic heterocycles. The van der Waals surface area contributed by atoms with Crippen molar-refractivity contribution in [3.8, 4) is 0 Å². The first-order valence-electron chi connectivity index (χ1n) is 4.06. The minimum atomic E-state index is -0.346. The van der Waals surface area contributed by atoms with Crippen LogP contribution in [0.2, 0.25) is 0 Å². The lowest BCUT2D eigenvalue weighted by Crippen LogP contribution is -2.04. The Bertz CT molecular complexity index is 299. The lowest BCUT2D eigenvalue weighted by Gasteiger charge is -2.03. The summed E-state index contributed by atoms with van der Waals surface area (Å²) in [6.45, 7) is 2.74. The molecule has 1 heterocycles. The van der Waals surface area contributed by atoms with Crippen LogP contribution in [0.4, 0.5) is 5.82 Å². The number of rotatable bonds is 3. The number of hydrogen-bond acceptors (Lipinski definition) is 4. The maximum Gasteiger partial charge on any atom is 0.338 e. The van der Waals surface area contributed by atoms with Gasteiger partial charge in [0.1, 0.15) is 5.82 Å². The molecule has 1 N–H and O–H groups in total. The molecule has 0 saturated carbocycles. The molecule has 0 aliphatic heterocycles. The van der Waals surface area contributed by atoms with Crippen LogP contribution in [0.5, 0.6) is 0 Å². The Morgan fingerprint density at radius 1 is 1.69 bits per heavy atom. The molecule has 0 atom stereocenters. The SMILES string of the molecule is CCNc1cc(C(=O)OC)ccn1. The van der Waals surface area contributed by atoms with Crippen LogP contribution < -0.4 is 5.32 Å². The summed E-state index contributed by atoms with van der Waals surface area (Å²) in [4.78, 5) is 15.1. The summed E-state index contributed by atoms with van der Waals surface area (Å²) in [5.74, 6) is 0.340. The van der Waals surface area contributed by atoms with Crippen LogP contribution in [-0.2, 0) is 4.74 Å². The summed E-state index contributed by atoms with van der Waals surface area (Å²) < 4.78 is 4.57. The quantitative estimate of drug-likeness (QED) is 0.712. The van der Waals surface area contributed by atoms with Gasteiger partial charge < -0.3 is 10.1 Å². The molecule has 0 spiro atoms. The maximum atomic E-state index is 11.1. The highest BCUT2D eigenvalue weighted by Crippen LogP contribution is 2.07. The number of nitrogens with zero attached hydrogens (tertiary/aromatic N) is 1. The van der Waals surface area contributed by atoms with E-state index in [1.54, 1.807) is 18.3 Å². The van der Waals surface area contributed by atoms with E-state index in [2.05, 4.69) is 15.0 Å². The Balaban J connectivity index is 2.85. The largest absolute Gasteiger partial charge is 0.465 e. The molecule has 0 fully saturated rings. The van der Waals surface area contributed by atoms with Gasteiger partial charge in [-0.05, 0) is 19.1 Å². The predicted molar refractivity (Wildman–Crippen MR) is 49.7 cm³/mol. The van der Waals surface area contributed by atoms with E-state index in [0.29, 0.717) is 11.4 Å². The van der Waals surface area contributed by atoms with Crippen LogP contribution in [0.1, 0.15) is 17.3 Å². The monoisotopic (exact) mass is 180 g/mol. The zero-order valence-corrected chi connectivity index (χ0v) is 7.70. The summed E-state index contributed by atoms with van der Waals surface area (Å²) in [6.07, 6.45) is 1.57. The molecular formula is C9H12N2O2. The second kappa shape index (κ2) is 4.45. The lowest BCUT2D eigenvalue weighted by molar-refractivity contribution is 0.0600. The van der Waals surface area contributed by atoms with E-state index in [4.69, 9.17) is 0 Å². The molecule has 0 unspecified atom stereocenters. The number of carbonyl (C=O) groups is 1. The molecular weight excluding hydrogens is 168 g/mol. The predicted octanol–water partition coefficient (Wildman–Crippen LogP) is 1.30. The standard InChI is InChI=1S/C9H12N2O2/c1-3-10-8-6-7(4-5-11-8)9(12)13-2/h4-6H,3H2,1-2H3,(H,10,11). The zero-order valence-electron chi connectivity index (χ0n) is 7.70. The van der Waals surface area contributed by atoms with Crippen molar-refractivity contribution in [3.63, 3.8) is 0 Å². The summed E-state index contributed by atoms with van der Waals surface area (Å²) in [5.41, 5.74) is 0.508. The number of hydrogen-bond donors (Lipinski definition) is 1. The van der Waals surface area contributed by atoms with Gasteiger partial charge in [-0.1, -0.05) is 0 Å². The third-order valence-corrected chi connectivity index (χ3v) is 1.54. The molecule has 0 aliphatic rings. The number of methoxy groups -OCH3 is 1. The van der Waals surface area contributed by atoms with Crippen LogP contribution >= 0.6 is 0 Å². The van der Waals surface area contributed by atoms with E-state index >= 15 is 0 Å². The first-order chi connectivity index (χ1) is 6.27. The Kier molecular flexibility index (Phi) is 3.25. The van der Waals surface area contributed by atoms with Crippen molar-refractivity contribution in [1.29, 1.82) is 0 Å². The number of anilines is 1. The van der Waals surface area contributed by atoms with E-state index in [1.807, 2.05) is 6.92 Å². The highest BCUT2D eigenvalue weighted by molar-refractivity contribution is 5.89. The smallest absolute Gasteiger partial charge is 0.338 e. The molecule has 1 rings (SSSR count). The van der Waals surface area contributed by atoms with Crippen molar-refractivity contribution in [3.05, 3.63) is 23.9 Å². The highest BCUT2D eigenvalue weighted by Gasteiger charge is 2.05. The number of esters is 1. The fourth-order valence-corrected chi connectivity index (χ4v) is 0.953. The minimum Gasteiger partial charge on any atom is -0.465 e. The highest BCUT2D eigenvalue weighted by atomic mass is 16.5. The molecule has 0 aliphatic carbocycles. The van der Waals surface area contributed by atoms with Crippen molar-refractivity contribution >= 4 is 11.8 Å². The average Bonchev–Trinajstić information content (AvgIpc) is 2.18. The number of aromatic nitrogens is 1. The summed E-state index contributed by atoms with van der Waals surface area (Å²) >= 11 is 0. The van der Waals surface area contributed by atoms with Crippen LogP contribution in [-0.4, -0.2) is 24.6 Å². The van der Waals surface area contributed by atoms with Gasteiger partial charge in [-0.15, -0.1) is 0 Å². The van der Waals surface area contributed by atoms with Gasteiger partial charge in [0.15, 0.2) is 0 Å². The number of pyridine rings is 1. The summed E-state index contributed by atoms with van der Waals surface area (Å²) in [7, 11) is 1.36. The van der Waals surface area contributed by atoms with Crippen molar-refractivity contribution in [2.24, 2.45) is 0 Å². The first-order valence-corrected chi connectivity index (χ1v) is 4.06. The van der Waals surface area contributed by atoms with Crippen molar-refractivity contribution < 1.29 is 9.53 Å². The molecule has 0 saturated heterocycles. The average molecular weight is 180 g/mol. The maximum absolute atomic E-state index is 11.1. The van der Waals surface area contributed by atoms with Crippen molar-refractivity contribution in [2.75, 3.05) is 19.0 Å². The number of nitrogens with one attached hydrogen (secondary N) is 1. The third-order valence-electron chi connectivity index (χ3n) is 1.54.